The summed E-state index contributed by atoms with van der Waals surface area (Å²) in [6.07, 6.45) is 5.07. The highest BCUT2D eigenvalue weighted by atomic mass is 35.5. The summed E-state index contributed by atoms with van der Waals surface area (Å²) in [5.41, 5.74) is 3.39. The number of carbonyl (C=O) groups is 1. The Morgan fingerprint density at radius 1 is 1.00 bits per heavy atom. The summed E-state index contributed by atoms with van der Waals surface area (Å²) in [6, 6.07) is 19.8. The topological polar surface area (TPSA) is 56.5 Å². The van der Waals surface area contributed by atoms with Gasteiger partial charge in [-0.3, -0.25) is 9.59 Å². The van der Waals surface area contributed by atoms with Crippen molar-refractivity contribution in [3.63, 3.8) is 0 Å². The van der Waals surface area contributed by atoms with Crippen LogP contribution in [0.4, 0.5) is 0 Å². The van der Waals surface area contributed by atoms with Crippen LogP contribution in [-0.2, 0) is 0 Å². The van der Waals surface area contributed by atoms with Gasteiger partial charge in [0, 0.05) is 16.1 Å². The van der Waals surface area contributed by atoms with Crippen LogP contribution < -0.4 is 10.2 Å². The summed E-state index contributed by atoms with van der Waals surface area (Å²) >= 11 is 5.97. The molecule has 1 aromatic heterocycles. The van der Waals surface area contributed by atoms with Crippen molar-refractivity contribution in [3.8, 4) is 17.1 Å². The molecular formula is C30H25ClO4. The molecule has 4 aromatic rings. The third-order valence-electron chi connectivity index (χ3n) is 5.56. The van der Waals surface area contributed by atoms with Crippen molar-refractivity contribution in [1.29, 1.82) is 0 Å². The lowest BCUT2D eigenvalue weighted by molar-refractivity contribution is 0.104. The van der Waals surface area contributed by atoms with E-state index in [0.717, 1.165) is 16.7 Å². The minimum Gasteiger partial charge on any atom is -0.489 e. The number of ketones is 1. The van der Waals surface area contributed by atoms with Crippen molar-refractivity contribution in [3.05, 3.63) is 116 Å². The maximum absolute atomic E-state index is 13.5. The molecule has 0 atom stereocenters. The first kappa shape index (κ1) is 24.2. The molecule has 0 N–H and O–H groups in total. The fraction of sp³-hybridized carbons (Fsp3) is 0.133. The first-order valence-electron chi connectivity index (χ1n) is 11.2. The predicted molar refractivity (Wildman–Crippen MR) is 142 cm³/mol. The second kappa shape index (κ2) is 10.6. The van der Waals surface area contributed by atoms with E-state index in [1.165, 1.54) is 6.08 Å². The lowest BCUT2D eigenvalue weighted by Gasteiger charge is -2.13. The predicted octanol–water partition coefficient (Wildman–Crippen LogP) is 7.66. The molecule has 0 unspecified atom stereocenters. The summed E-state index contributed by atoms with van der Waals surface area (Å²) in [7, 11) is 0. The third-order valence-corrected chi connectivity index (χ3v) is 5.81. The number of carbonyl (C=O) groups excluding carboxylic acids is 1. The Balaban J connectivity index is 1.90. The summed E-state index contributed by atoms with van der Waals surface area (Å²) in [5.74, 6) is 0.454. The van der Waals surface area contributed by atoms with Crippen molar-refractivity contribution >= 4 is 34.4 Å². The van der Waals surface area contributed by atoms with E-state index in [0.29, 0.717) is 27.5 Å². The zero-order chi connectivity index (χ0) is 24.9. The van der Waals surface area contributed by atoms with Gasteiger partial charge in [0.25, 0.3) is 0 Å². The van der Waals surface area contributed by atoms with Crippen molar-refractivity contribution in [1.82, 2.24) is 0 Å². The highest BCUT2D eigenvalue weighted by Gasteiger charge is 2.21. The van der Waals surface area contributed by atoms with E-state index in [2.05, 4.69) is 0 Å². The number of benzene rings is 3. The maximum atomic E-state index is 13.5. The largest absolute Gasteiger partial charge is 0.489 e. The molecule has 1 heterocycles. The Bertz CT molecular complexity index is 1490. The monoisotopic (exact) mass is 484 g/mol. The summed E-state index contributed by atoms with van der Waals surface area (Å²) in [4.78, 5) is 26.8. The number of allylic oxidation sites excluding steroid dienone is 2. The minimum atomic E-state index is -0.330. The molecule has 4 nitrogen and oxygen atoms in total. The van der Waals surface area contributed by atoms with E-state index in [-0.39, 0.29) is 29.0 Å². The van der Waals surface area contributed by atoms with Crippen LogP contribution in [0.15, 0.2) is 93.7 Å². The Morgan fingerprint density at radius 3 is 2.40 bits per heavy atom. The molecule has 0 radical (unpaired) electrons. The second-order valence-corrected chi connectivity index (χ2v) is 8.84. The van der Waals surface area contributed by atoms with Crippen molar-refractivity contribution in [2.45, 2.75) is 20.8 Å². The summed E-state index contributed by atoms with van der Waals surface area (Å²) in [6.45, 7) is 5.96. The number of rotatable bonds is 7. The van der Waals surface area contributed by atoms with Crippen molar-refractivity contribution < 1.29 is 13.9 Å². The number of fused-ring (bicyclic) bond motifs is 1. The number of ether oxygens (including phenoxy) is 1. The summed E-state index contributed by atoms with van der Waals surface area (Å²) in [5, 5.41) is 0.947. The molecule has 0 fully saturated rings. The molecule has 0 aliphatic rings. The molecule has 5 heteroatoms. The lowest BCUT2D eigenvalue weighted by Crippen LogP contribution is -2.11. The van der Waals surface area contributed by atoms with Gasteiger partial charge in [-0.25, -0.2) is 0 Å². The zero-order valence-corrected chi connectivity index (χ0v) is 20.6. The summed E-state index contributed by atoms with van der Waals surface area (Å²) < 4.78 is 12.2. The van der Waals surface area contributed by atoms with E-state index in [1.54, 1.807) is 37.3 Å². The average Bonchev–Trinajstić information content (AvgIpc) is 2.85. The van der Waals surface area contributed by atoms with Gasteiger partial charge in [0.1, 0.15) is 23.7 Å². The van der Waals surface area contributed by atoms with Crippen LogP contribution in [-0.4, -0.2) is 12.4 Å². The van der Waals surface area contributed by atoms with Gasteiger partial charge in [-0.1, -0.05) is 65.7 Å². The molecule has 176 valence electrons. The molecule has 0 saturated heterocycles. The van der Waals surface area contributed by atoms with E-state index in [4.69, 9.17) is 20.8 Å². The van der Waals surface area contributed by atoms with Crippen LogP contribution in [0.25, 0.3) is 28.4 Å². The molecular weight excluding hydrogens is 460 g/mol. The van der Waals surface area contributed by atoms with Gasteiger partial charge in [0.05, 0.1) is 5.39 Å². The van der Waals surface area contributed by atoms with Crippen LogP contribution in [0, 0.1) is 6.92 Å². The van der Waals surface area contributed by atoms with Crippen molar-refractivity contribution in [2.24, 2.45) is 0 Å². The van der Waals surface area contributed by atoms with Gasteiger partial charge in [-0.15, -0.1) is 0 Å². The second-order valence-electron chi connectivity index (χ2n) is 8.41. The molecule has 3 aromatic carbocycles. The number of halogens is 1. The smallest absolute Gasteiger partial charge is 0.196 e. The van der Waals surface area contributed by atoms with E-state index in [1.807, 2.05) is 62.4 Å². The Morgan fingerprint density at radius 2 is 1.71 bits per heavy atom. The van der Waals surface area contributed by atoms with E-state index < -0.39 is 0 Å². The molecule has 0 aliphatic heterocycles. The molecule has 0 amide bonds. The Labute approximate surface area is 209 Å². The SMILES string of the molecule is CC(C)=CCOc1ccc2c(=O)c(C)c(-c3ccccc3)oc2c1C(=O)C=Cc1ccc(Cl)cc1. The van der Waals surface area contributed by atoms with Crippen molar-refractivity contribution in [2.75, 3.05) is 6.61 Å². The molecule has 0 bridgehead atoms. The first-order chi connectivity index (χ1) is 16.8. The van der Waals surface area contributed by atoms with Gasteiger partial charge in [-0.2, -0.15) is 0 Å². The maximum Gasteiger partial charge on any atom is 0.196 e. The number of hydrogen-bond donors (Lipinski definition) is 0. The molecule has 0 spiro atoms. The number of hydrogen-bond acceptors (Lipinski definition) is 4. The van der Waals surface area contributed by atoms with E-state index in [9.17, 15) is 9.59 Å². The quantitative estimate of drug-likeness (QED) is 0.153. The molecule has 4 rings (SSSR count). The van der Waals surface area contributed by atoms with Crippen LogP contribution in [0.3, 0.4) is 0 Å². The highest BCUT2D eigenvalue weighted by molar-refractivity contribution is 6.30. The fourth-order valence-corrected chi connectivity index (χ4v) is 3.80. The Hall–Kier alpha value is -3.89. The first-order valence-corrected chi connectivity index (χ1v) is 11.6. The standard InChI is InChI=1S/C30H25ClO4/c1-19(2)17-18-34-26-16-14-24-28(33)20(3)29(22-7-5-4-6-8-22)35-30(24)27(26)25(32)15-11-21-9-12-23(31)13-10-21/h4-17H,18H2,1-3H3. The van der Waals surface area contributed by atoms with Gasteiger partial charge in [0.2, 0.25) is 0 Å². The van der Waals surface area contributed by atoms with Crippen LogP contribution in [0.5, 0.6) is 5.75 Å². The van der Waals surface area contributed by atoms with Crippen LogP contribution in [0.2, 0.25) is 5.02 Å². The van der Waals surface area contributed by atoms with Gasteiger partial charge in [-0.05, 0) is 62.8 Å². The Kier molecular flexibility index (Phi) is 7.33. The fourth-order valence-electron chi connectivity index (χ4n) is 3.68. The van der Waals surface area contributed by atoms with E-state index >= 15 is 0 Å². The van der Waals surface area contributed by atoms with Crippen LogP contribution in [0.1, 0.15) is 35.3 Å². The van der Waals surface area contributed by atoms with Gasteiger partial charge >= 0.3 is 0 Å². The van der Waals surface area contributed by atoms with Gasteiger partial charge in [0.15, 0.2) is 16.8 Å². The molecule has 0 aliphatic carbocycles. The highest BCUT2D eigenvalue weighted by Crippen LogP contribution is 2.32. The van der Waals surface area contributed by atoms with Gasteiger partial charge < -0.3 is 9.15 Å². The normalized spacial score (nSPS) is 11.1. The average molecular weight is 485 g/mol. The molecule has 0 saturated carbocycles. The molecule has 35 heavy (non-hydrogen) atoms. The lowest BCUT2D eigenvalue weighted by atomic mass is 10.0. The zero-order valence-electron chi connectivity index (χ0n) is 19.8. The minimum absolute atomic E-state index is 0.184. The van der Waals surface area contributed by atoms with Crippen LogP contribution >= 0.6 is 11.6 Å². The third kappa shape index (κ3) is 5.44.